The number of methoxy groups -OCH3 is 2. The van der Waals surface area contributed by atoms with Crippen molar-refractivity contribution in [2.24, 2.45) is 0 Å². The highest BCUT2D eigenvalue weighted by atomic mass is 19.1. The van der Waals surface area contributed by atoms with Gasteiger partial charge in [0.1, 0.15) is 17.3 Å². The molecular weight excluding hydrogens is 257 g/mol. The van der Waals surface area contributed by atoms with E-state index in [0.717, 1.165) is 22.6 Å². The number of rotatable bonds is 5. The van der Waals surface area contributed by atoms with Crippen LogP contribution in [0.1, 0.15) is 11.1 Å². The van der Waals surface area contributed by atoms with Gasteiger partial charge in [-0.1, -0.05) is 6.07 Å². The normalized spacial score (nSPS) is 10.2. The van der Waals surface area contributed by atoms with Crippen LogP contribution in [0.15, 0.2) is 36.4 Å². The molecule has 2 aromatic rings. The Labute approximate surface area is 118 Å². The molecule has 0 saturated heterocycles. The minimum atomic E-state index is -0.228. The molecule has 0 aromatic heterocycles. The third-order valence-electron chi connectivity index (χ3n) is 3.19. The zero-order valence-corrected chi connectivity index (χ0v) is 11.9. The van der Waals surface area contributed by atoms with E-state index < -0.39 is 0 Å². The van der Waals surface area contributed by atoms with Crippen LogP contribution in [-0.4, -0.2) is 14.2 Å². The zero-order valence-electron chi connectivity index (χ0n) is 11.9. The average Bonchev–Trinajstić information content (AvgIpc) is 2.48. The second-order valence-corrected chi connectivity index (χ2v) is 4.49. The Morgan fingerprint density at radius 1 is 1.05 bits per heavy atom. The molecule has 0 spiro atoms. The van der Waals surface area contributed by atoms with Crippen molar-refractivity contribution in [3.63, 3.8) is 0 Å². The lowest BCUT2D eigenvalue weighted by Gasteiger charge is -2.13. The van der Waals surface area contributed by atoms with Gasteiger partial charge >= 0.3 is 0 Å². The number of aryl methyl sites for hydroxylation is 1. The van der Waals surface area contributed by atoms with Crippen molar-refractivity contribution in [3.05, 3.63) is 53.3 Å². The fourth-order valence-electron chi connectivity index (χ4n) is 1.97. The maximum Gasteiger partial charge on any atom is 0.145 e. The quantitative estimate of drug-likeness (QED) is 0.901. The van der Waals surface area contributed by atoms with Crippen LogP contribution in [0.3, 0.4) is 0 Å². The summed E-state index contributed by atoms with van der Waals surface area (Å²) in [6.07, 6.45) is 0. The summed E-state index contributed by atoms with van der Waals surface area (Å²) in [5.74, 6) is 1.20. The third kappa shape index (κ3) is 3.20. The van der Waals surface area contributed by atoms with Crippen LogP contribution in [0.5, 0.6) is 11.5 Å². The smallest absolute Gasteiger partial charge is 0.145 e. The zero-order chi connectivity index (χ0) is 14.5. The summed E-state index contributed by atoms with van der Waals surface area (Å²) in [5.41, 5.74) is 2.81. The number of ether oxygens (including phenoxy) is 2. The molecule has 2 aromatic carbocycles. The first-order chi connectivity index (χ1) is 9.63. The van der Waals surface area contributed by atoms with Crippen LogP contribution < -0.4 is 14.8 Å². The van der Waals surface area contributed by atoms with E-state index >= 15 is 0 Å². The summed E-state index contributed by atoms with van der Waals surface area (Å²) >= 11 is 0. The predicted molar refractivity (Wildman–Crippen MR) is 78.0 cm³/mol. The summed E-state index contributed by atoms with van der Waals surface area (Å²) in [7, 11) is 3.21. The molecule has 0 aliphatic carbocycles. The van der Waals surface area contributed by atoms with Gasteiger partial charge in [0.15, 0.2) is 0 Å². The van der Waals surface area contributed by atoms with Crippen molar-refractivity contribution in [2.75, 3.05) is 19.5 Å². The summed E-state index contributed by atoms with van der Waals surface area (Å²) in [5, 5.41) is 3.25. The van der Waals surface area contributed by atoms with Gasteiger partial charge in [0.05, 0.1) is 19.9 Å². The van der Waals surface area contributed by atoms with Crippen LogP contribution in [0.25, 0.3) is 0 Å². The first-order valence-corrected chi connectivity index (χ1v) is 6.35. The Hall–Kier alpha value is -2.23. The Bertz CT molecular complexity index is 599. The molecule has 0 unspecified atom stereocenters. The number of hydrogen-bond acceptors (Lipinski definition) is 3. The molecule has 0 aliphatic heterocycles. The van der Waals surface area contributed by atoms with Crippen molar-refractivity contribution in [2.45, 2.75) is 13.5 Å². The highest BCUT2D eigenvalue weighted by molar-refractivity contribution is 5.59. The van der Waals surface area contributed by atoms with Crippen LogP contribution in [0.4, 0.5) is 10.1 Å². The molecule has 106 valence electrons. The van der Waals surface area contributed by atoms with Gasteiger partial charge in [0.2, 0.25) is 0 Å². The number of anilines is 1. The van der Waals surface area contributed by atoms with Crippen LogP contribution in [0.2, 0.25) is 0 Å². The van der Waals surface area contributed by atoms with Gasteiger partial charge in [-0.2, -0.15) is 0 Å². The van der Waals surface area contributed by atoms with Crippen LogP contribution >= 0.6 is 0 Å². The van der Waals surface area contributed by atoms with Crippen molar-refractivity contribution < 1.29 is 13.9 Å². The van der Waals surface area contributed by atoms with E-state index in [9.17, 15) is 4.39 Å². The maximum atomic E-state index is 13.2. The lowest BCUT2D eigenvalue weighted by molar-refractivity contribution is 0.395. The summed E-state index contributed by atoms with van der Waals surface area (Å²) in [6, 6.07) is 10.3. The number of nitrogens with one attached hydrogen (secondary N) is 1. The maximum absolute atomic E-state index is 13.2. The fourth-order valence-corrected chi connectivity index (χ4v) is 1.97. The van der Waals surface area contributed by atoms with Gasteiger partial charge in [0.25, 0.3) is 0 Å². The highest BCUT2D eigenvalue weighted by Crippen LogP contribution is 2.29. The number of halogens is 1. The highest BCUT2D eigenvalue weighted by Gasteiger charge is 2.06. The summed E-state index contributed by atoms with van der Waals surface area (Å²) < 4.78 is 23.7. The second-order valence-electron chi connectivity index (χ2n) is 4.49. The molecular formula is C16H18FNO2. The third-order valence-corrected chi connectivity index (χ3v) is 3.19. The molecule has 0 bridgehead atoms. The van der Waals surface area contributed by atoms with Gasteiger partial charge in [-0.3, -0.25) is 0 Å². The topological polar surface area (TPSA) is 30.5 Å². The summed E-state index contributed by atoms with van der Waals surface area (Å²) in [6.45, 7) is 2.49. The molecule has 4 heteroatoms. The molecule has 0 fully saturated rings. The van der Waals surface area contributed by atoms with E-state index in [0.29, 0.717) is 12.3 Å². The molecule has 0 radical (unpaired) electrons. The Kier molecular flexibility index (Phi) is 4.45. The Balaban J connectivity index is 2.16. The van der Waals surface area contributed by atoms with E-state index in [1.165, 1.54) is 6.07 Å². The van der Waals surface area contributed by atoms with E-state index in [1.54, 1.807) is 32.4 Å². The molecule has 0 amide bonds. The first kappa shape index (κ1) is 14.2. The van der Waals surface area contributed by atoms with Crippen LogP contribution in [-0.2, 0) is 6.54 Å². The molecule has 0 heterocycles. The molecule has 3 nitrogen and oxygen atoms in total. The van der Waals surface area contributed by atoms with E-state index in [-0.39, 0.29) is 5.82 Å². The minimum absolute atomic E-state index is 0.228. The molecule has 20 heavy (non-hydrogen) atoms. The van der Waals surface area contributed by atoms with Crippen molar-refractivity contribution in [1.82, 2.24) is 0 Å². The molecule has 0 aliphatic rings. The van der Waals surface area contributed by atoms with Gasteiger partial charge < -0.3 is 14.8 Å². The minimum Gasteiger partial charge on any atom is -0.497 e. The lowest BCUT2D eigenvalue weighted by Crippen LogP contribution is -2.03. The molecule has 0 atom stereocenters. The SMILES string of the molecule is COc1ccc(NCc2cc(F)ccc2C)c(OC)c1. The predicted octanol–water partition coefficient (Wildman–Crippen LogP) is 3.76. The average molecular weight is 275 g/mol. The standard InChI is InChI=1S/C16H18FNO2/c1-11-4-5-13(17)8-12(11)10-18-15-7-6-14(19-2)9-16(15)20-3/h4-9,18H,10H2,1-3H3. The van der Waals surface area contributed by atoms with Crippen molar-refractivity contribution in [3.8, 4) is 11.5 Å². The monoisotopic (exact) mass is 275 g/mol. The lowest BCUT2D eigenvalue weighted by atomic mass is 10.1. The first-order valence-electron chi connectivity index (χ1n) is 6.35. The molecule has 1 N–H and O–H groups in total. The number of hydrogen-bond donors (Lipinski definition) is 1. The van der Waals surface area contributed by atoms with Crippen molar-refractivity contribution >= 4 is 5.69 Å². The van der Waals surface area contributed by atoms with Gasteiger partial charge in [-0.25, -0.2) is 4.39 Å². The van der Waals surface area contributed by atoms with Crippen LogP contribution in [0, 0.1) is 12.7 Å². The molecule has 2 rings (SSSR count). The van der Waals surface area contributed by atoms with E-state index in [1.807, 2.05) is 19.1 Å². The Morgan fingerprint density at radius 2 is 1.85 bits per heavy atom. The van der Waals surface area contributed by atoms with Gasteiger partial charge in [-0.15, -0.1) is 0 Å². The summed E-state index contributed by atoms with van der Waals surface area (Å²) in [4.78, 5) is 0. The largest absolute Gasteiger partial charge is 0.497 e. The molecule has 0 saturated carbocycles. The second kappa shape index (κ2) is 6.28. The van der Waals surface area contributed by atoms with E-state index in [4.69, 9.17) is 9.47 Å². The van der Waals surface area contributed by atoms with Crippen molar-refractivity contribution in [1.29, 1.82) is 0 Å². The number of benzene rings is 2. The Morgan fingerprint density at radius 3 is 2.55 bits per heavy atom. The van der Waals surface area contributed by atoms with E-state index in [2.05, 4.69) is 5.32 Å². The van der Waals surface area contributed by atoms with Gasteiger partial charge in [0, 0.05) is 12.6 Å². The van der Waals surface area contributed by atoms with Gasteiger partial charge in [-0.05, 0) is 42.3 Å². The fraction of sp³-hybridized carbons (Fsp3) is 0.250.